The highest BCUT2D eigenvalue weighted by Crippen LogP contribution is 2.24. The Bertz CT molecular complexity index is 462. The normalized spacial score (nSPS) is 24.9. The van der Waals surface area contributed by atoms with Crippen LogP contribution in [0.25, 0.3) is 0 Å². The molecule has 1 aliphatic carbocycles. The van der Waals surface area contributed by atoms with E-state index in [1.807, 2.05) is 30.3 Å². The molecule has 0 unspecified atom stereocenters. The van der Waals surface area contributed by atoms with Gasteiger partial charge in [-0.25, -0.2) is 13.1 Å². The van der Waals surface area contributed by atoms with Crippen LogP contribution >= 0.6 is 0 Å². The fourth-order valence-corrected chi connectivity index (χ4v) is 3.93. The molecule has 2 rings (SSSR count). The Kier molecular flexibility index (Phi) is 4.40. The highest BCUT2D eigenvalue weighted by Gasteiger charge is 2.22. The Labute approximate surface area is 110 Å². The monoisotopic (exact) mass is 267 g/mol. The molecule has 0 bridgehead atoms. The molecule has 0 saturated heterocycles. The van der Waals surface area contributed by atoms with Gasteiger partial charge in [0.25, 0.3) is 0 Å². The standard InChI is InChI=1S/C14H21NO2S/c1-12-7-9-14(10-8-12)15-18(16,17)11-13-5-3-2-4-6-13/h2-6,12,14-15H,7-11H2,1H3. The zero-order chi connectivity index (χ0) is 13.0. The van der Waals surface area contributed by atoms with Gasteiger partial charge in [0.15, 0.2) is 0 Å². The minimum absolute atomic E-state index is 0.0832. The van der Waals surface area contributed by atoms with Crippen molar-refractivity contribution in [2.75, 3.05) is 0 Å². The molecule has 0 atom stereocenters. The van der Waals surface area contributed by atoms with Gasteiger partial charge in [-0.2, -0.15) is 0 Å². The van der Waals surface area contributed by atoms with E-state index in [-0.39, 0.29) is 11.8 Å². The molecule has 3 nitrogen and oxygen atoms in total. The third-order valence-corrected chi connectivity index (χ3v) is 4.97. The summed E-state index contributed by atoms with van der Waals surface area (Å²) >= 11 is 0. The minimum atomic E-state index is -3.20. The number of hydrogen-bond donors (Lipinski definition) is 1. The molecule has 1 N–H and O–H groups in total. The van der Waals surface area contributed by atoms with Crippen molar-refractivity contribution in [3.8, 4) is 0 Å². The van der Waals surface area contributed by atoms with Crippen molar-refractivity contribution in [2.24, 2.45) is 5.92 Å². The van der Waals surface area contributed by atoms with E-state index in [4.69, 9.17) is 0 Å². The van der Waals surface area contributed by atoms with Crippen LogP contribution in [0.4, 0.5) is 0 Å². The summed E-state index contributed by atoms with van der Waals surface area (Å²) in [5.41, 5.74) is 0.842. The highest BCUT2D eigenvalue weighted by molar-refractivity contribution is 7.88. The summed E-state index contributed by atoms with van der Waals surface area (Å²) in [5.74, 6) is 0.819. The summed E-state index contributed by atoms with van der Waals surface area (Å²) < 4.78 is 26.9. The Morgan fingerprint density at radius 3 is 2.33 bits per heavy atom. The zero-order valence-electron chi connectivity index (χ0n) is 10.8. The molecule has 1 fully saturated rings. The van der Waals surface area contributed by atoms with E-state index in [0.717, 1.165) is 37.2 Å². The largest absolute Gasteiger partial charge is 0.216 e. The van der Waals surface area contributed by atoms with Gasteiger partial charge in [-0.3, -0.25) is 0 Å². The maximum absolute atomic E-state index is 12.0. The second kappa shape index (κ2) is 5.85. The smallest absolute Gasteiger partial charge is 0.212 e. The van der Waals surface area contributed by atoms with Crippen LogP contribution in [-0.2, 0) is 15.8 Å². The maximum Gasteiger partial charge on any atom is 0.216 e. The van der Waals surface area contributed by atoms with Gasteiger partial charge >= 0.3 is 0 Å². The molecule has 1 saturated carbocycles. The van der Waals surface area contributed by atoms with Gasteiger partial charge in [0, 0.05) is 6.04 Å². The van der Waals surface area contributed by atoms with Crippen LogP contribution in [0, 0.1) is 5.92 Å². The van der Waals surface area contributed by atoms with Crippen LogP contribution in [0.5, 0.6) is 0 Å². The van der Waals surface area contributed by atoms with Crippen LogP contribution in [0.1, 0.15) is 38.2 Å². The van der Waals surface area contributed by atoms with E-state index in [1.165, 1.54) is 0 Å². The van der Waals surface area contributed by atoms with Gasteiger partial charge in [-0.15, -0.1) is 0 Å². The lowest BCUT2D eigenvalue weighted by Gasteiger charge is -2.26. The topological polar surface area (TPSA) is 46.2 Å². The number of benzene rings is 1. The minimum Gasteiger partial charge on any atom is -0.212 e. The van der Waals surface area contributed by atoms with Crippen LogP contribution < -0.4 is 4.72 Å². The third-order valence-electron chi connectivity index (χ3n) is 3.56. The van der Waals surface area contributed by atoms with E-state index in [9.17, 15) is 8.42 Å². The van der Waals surface area contributed by atoms with Crippen molar-refractivity contribution in [1.29, 1.82) is 0 Å². The van der Waals surface area contributed by atoms with Crippen molar-refractivity contribution >= 4 is 10.0 Å². The molecular weight excluding hydrogens is 246 g/mol. The van der Waals surface area contributed by atoms with Crippen molar-refractivity contribution in [3.05, 3.63) is 35.9 Å². The van der Waals surface area contributed by atoms with E-state index in [2.05, 4.69) is 11.6 Å². The van der Waals surface area contributed by atoms with Gasteiger partial charge in [0.05, 0.1) is 5.75 Å². The molecule has 0 radical (unpaired) electrons. The van der Waals surface area contributed by atoms with Crippen molar-refractivity contribution in [3.63, 3.8) is 0 Å². The maximum atomic E-state index is 12.0. The van der Waals surface area contributed by atoms with E-state index in [0.29, 0.717) is 0 Å². The Balaban J connectivity index is 1.92. The highest BCUT2D eigenvalue weighted by atomic mass is 32.2. The molecule has 100 valence electrons. The first-order valence-electron chi connectivity index (χ1n) is 6.59. The van der Waals surface area contributed by atoms with Crippen LogP contribution in [0.15, 0.2) is 30.3 Å². The van der Waals surface area contributed by atoms with Crippen molar-refractivity contribution in [1.82, 2.24) is 4.72 Å². The molecule has 18 heavy (non-hydrogen) atoms. The summed E-state index contributed by atoms with van der Waals surface area (Å²) in [6.07, 6.45) is 4.18. The fourth-order valence-electron chi connectivity index (χ4n) is 2.47. The van der Waals surface area contributed by atoms with Gasteiger partial charge in [-0.1, -0.05) is 37.3 Å². The molecule has 1 aromatic carbocycles. The lowest BCUT2D eigenvalue weighted by Crippen LogP contribution is -2.37. The predicted molar refractivity (Wildman–Crippen MR) is 73.6 cm³/mol. The lowest BCUT2D eigenvalue weighted by molar-refractivity contribution is 0.332. The first kappa shape index (κ1) is 13.6. The molecule has 0 spiro atoms. The van der Waals surface area contributed by atoms with Crippen LogP contribution in [-0.4, -0.2) is 14.5 Å². The molecule has 1 aliphatic rings. The molecule has 0 amide bonds. The number of nitrogens with one attached hydrogen (secondary N) is 1. The summed E-state index contributed by atoms with van der Waals surface area (Å²) in [5, 5.41) is 0. The first-order chi connectivity index (χ1) is 8.55. The van der Waals surface area contributed by atoms with Gasteiger partial charge < -0.3 is 0 Å². The number of sulfonamides is 1. The number of hydrogen-bond acceptors (Lipinski definition) is 2. The molecule has 0 heterocycles. The van der Waals surface area contributed by atoms with E-state index >= 15 is 0 Å². The number of rotatable bonds is 4. The SMILES string of the molecule is CC1CCC(NS(=O)(=O)Cc2ccccc2)CC1. The van der Waals surface area contributed by atoms with Crippen molar-refractivity contribution < 1.29 is 8.42 Å². The fraction of sp³-hybridized carbons (Fsp3) is 0.571. The Morgan fingerprint density at radius 2 is 1.72 bits per heavy atom. The van der Waals surface area contributed by atoms with Crippen LogP contribution in [0.2, 0.25) is 0 Å². The van der Waals surface area contributed by atoms with E-state index < -0.39 is 10.0 Å². The third kappa shape index (κ3) is 4.10. The molecule has 0 aliphatic heterocycles. The van der Waals surface area contributed by atoms with Gasteiger partial charge in [-0.05, 0) is 37.2 Å². The quantitative estimate of drug-likeness (QED) is 0.911. The Morgan fingerprint density at radius 1 is 1.11 bits per heavy atom. The first-order valence-corrected chi connectivity index (χ1v) is 8.24. The average molecular weight is 267 g/mol. The van der Waals surface area contributed by atoms with Crippen molar-refractivity contribution in [2.45, 2.75) is 44.4 Å². The lowest BCUT2D eigenvalue weighted by atomic mass is 9.88. The summed E-state index contributed by atoms with van der Waals surface area (Å²) in [6.45, 7) is 2.23. The summed E-state index contributed by atoms with van der Waals surface area (Å²) in [6, 6.07) is 9.46. The van der Waals surface area contributed by atoms with Gasteiger partial charge in [0.2, 0.25) is 10.0 Å². The average Bonchev–Trinajstić information content (AvgIpc) is 2.32. The summed E-state index contributed by atoms with van der Waals surface area (Å²) in [4.78, 5) is 0. The summed E-state index contributed by atoms with van der Waals surface area (Å²) in [7, 11) is -3.20. The second-order valence-corrected chi connectivity index (χ2v) is 7.07. The zero-order valence-corrected chi connectivity index (χ0v) is 11.6. The Hall–Kier alpha value is -0.870. The predicted octanol–water partition coefficient (Wildman–Crippen LogP) is 2.68. The second-order valence-electron chi connectivity index (χ2n) is 5.32. The molecule has 1 aromatic rings. The molecule has 4 heteroatoms. The van der Waals surface area contributed by atoms with E-state index in [1.54, 1.807) is 0 Å². The van der Waals surface area contributed by atoms with Crippen LogP contribution in [0.3, 0.4) is 0 Å². The molecular formula is C14H21NO2S. The molecule has 0 aromatic heterocycles. The van der Waals surface area contributed by atoms with Gasteiger partial charge in [0.1, 0.15) is 0 Å².